The molecule has 5 heteroatoms. The van der Waals surface area contributed by atoms with Gasteiger partial charge in [0.25, 0.3) is 0 Å². The molecule has 0 radical (unpaired) electrons. The van der Waals surface area contributed by atoms with Gasteiger partial charge in [0.1, 0.15) is 5.78 Å². The lowest BCUT2D eigenvalue weighted by molar-refractivity contribution is -0.142. The number of hydrogen-bond acceptors (Lipinski definition) is 2. The number of ketones is 1. The van der Waals surface area contributed by atoms with Gasteiger partial charge in [0, 0.05) is 11.3 Å². The number of aryl methyl sites for hydroxylation is 1. The molecule has 0 aliphatic heterocycles. The Morgan fingerprint density at radius 3 is 2.53 bits per heavy atom. The van der Waals surface area contributed by atoms with Crippen LogP contribution >= 0.6 is 11.8 Å². The van der Waals surface area contributed by atoms with E-state index in [0.29, 0.717) is 0 Å². The number of alkyl halides is 3. The fraction of sp³-hybridized carbons (Fsp3) is 0.417. The minimum atomic E-state index is -4.25. The summed E-state index contributed by atoms with van der Waals surface area (Å²) in [5, 5.41) is 0. The minimum Gasteiger partial charge on any atom is -0.299 e. The summed E-state index contributed by atoms with van der Waals surface area (Å²) < 4.78 is 35.7. The molecular weight excluding hydrogens is 249 g/mol. The molecule has 0 fully saturated rings. The standard InChI is InChI=1S/C12H13F3OS/c1-9-4-2-3-5-11(9)17-8-10(16)6-7-12(13,14)15/h2-5H,6-8H2,1H3. The molecule has 1 aromatic rings. The molecule has 0 bridgehead atoms. The van der Waals surface area contributed by atoms with Crippen LogP contribution in [0.15, 0.2) is 29.2 Å². The van der Waals surface area contributed by atoms with E-state index in [1.54, 1.807) is 0 Å². The summed E-state index contributed by atoms with van der Waals surface area (Å²) in [6.07, 6.45) is -5.70. The number of rotatable bonds is 5. The van der Waals surface area contributed by atoms with Crippen LogP contribution in [-0.2, 0) is 4.79 Å². The SMILES string of the molecule is Cc1ccccc1SCC(=O)CCC(F)(F)F. The second kappa shape index (κ2) is 6.10. The normalized spacial score (nSPS) is 11.5. The maximum atomic E-state index is 11.9. The molecule has 0 amide bonds. The topological polar surface area (TPSA) is 17.1 Å². The van der Waals surface area contributed by atoms with Gasteiger partial charge in [-0.2, -0.15) is 13.2 Å². The van der Waals surface area contributed by atoms with Gasteiger partial charge >= 0.3 is 6.18 Å². The molecule has 1 rings (SSSR count). The second-order valence-corrected chi connectivity index (χ2v) is 4.73. The van der Waals surface area contributed by atoms with Gasteiger partial charge in [-0.1, -0.05) is 18.2 Å². The largest absolute Gasteiger partial charge is 0.389 e. The zero-order valence-corrected chi connectivity index (χ0v) is 10.2. The highest BCUT2D eigenvalue weighted by atomic mass is 32.2. The van der Waals surface area contributed by atoms with E-state index in [0.717, 1.165) is 10.5 Å². The van der Waals surface area contributed by atoms with Gasteiger partial charge in [0.05, 0.1) is 12.2 Å². The van der Waals surface area contributed by atoms with E-state index >= 15 is 0 Å². The first-order chi connectivity index (χ1) is 7.88. The number of Topliss-reactive ketones (excluding diaryl/α,β-unsaturated/α-hetero) is 1. The van der Waals surface area contributed by atoms with Gasteiger partial charge in [0.2, 0.25) is 0 Å². The third-order valence-electron chi connectivity index (χ3n) is 2.17. The van der Waals surface area contributed by atoms with Crippen LogP contribution in [0.25, 0.3) is 0 Å². The van der Waals surface area contributed by atoms with Crippen LogP contribution in [0.1, 0.15) is 18.4 Å². The Morgan fingerprint density at radius 1 is 1.29 bits per heavy atom. The molecular formula is C12H13F3OS. The van der Waals surface area contributed by atoms with Gasteiger partial charge in [-0.05, 0) is 18.6 Å². The van der Waals surface area contributed by atoms with Gasteiger partial charge in [-0.15, -0.1) is 11.8 Å². The van der Waals surface area contributed by atoms with Crippen molar-refractivity contribution < 1.29 is 18.0 Å². The first-order valence-electron chi connectivity index (χ1n) is 5.15. The minimum absolute atomic E-state index is 0.0981. The van der Waals surface area contributed by atoms with E-state index in [1.165, 1.54) is 11.8 Å². The van der Waals surface area contributed by atoms with Crippen LogP contribution in [0.2, 0.25) is 0 Å². The van der Waals surface area contributed by atoms with Gasteiger partial charge in [0.15, 0.2) is 0 Å². The summed E-state index contributed by atoms with van der Waals surface area (Å²) in [6.45, 7) is 1.91. The molecule has 0 atom stereocenters. The Kier molecular flexibility index (Phi) is 5.05. The summed E-state index contributed by atoms with van der Waals surface area (Å²) >= 11 is 1.29. The highest BCUT2D eigenvalue weighted by Gasteiger charge is 2.27. The average Bonchev–Trinajstić information content (AvgIpc) is 2.24. The van der Waals surface area contributed by atoms with Crippen LogP contribution < -0.4 is 0 Å². The monoisotopic (exact) mass is 262 g/mol. The highest BCUT2D eigenvalue weighted by molar-refractivity contribution is 8.00. The van der Waals surface area contributed by atoms with E-state index in [9.17, 15) is 18.0 Å². The van der Waals surface area contributed by atoms with E-state index in [-0.39, 0.29) is 11.5 Å². The third-order valence-corrected chi connectivity index (χ3v) is 3.40. The fourth-order valence-electron chi connectivity index (χ4n) is 1.23. The smallest absolute Gasteiger partial charge is 0.299 e. The van der Waals surface area contributed by atoms with Crippen molar-refractivity contribution in [2.45, 2.75) is 30.8 Å². The Morgan fingerprint density at radius 2 is 1.94 bits per heavy atom. The van der Waals surface area contributed by atoms with Crippen molar-refractivity contribution in [2.75, 3.05) is 5.75 Å². The van der Waals surface area contributed by atoms with Gasteiger partial charge < -0.3 is 0 Å². The molecule has 1 aromatic carbocycles. The Balaban J connectivity index is 2.36. The van der Waals surface area contributed by atoms with Crippen molar-refractivity contribution in [2.24, 2.45) is 0 Å². The zero-order chi connectivity index (χ0) is 12.9. The first kappa shape index (κ1) is 14.1. The van der Waals surface area contributed by atoms with E-state index in [4.69, 9.17) is 0 Å². The molecule has 94 valence electrons. The van der Waals surface area contributed by atoms with Crippen molar-refractivity contribution in [1.29, 1.82) is 0 Å². The molecule has 0 N–H and O–H groups in total. The number of halogens is 3. The molecule has 0 saturated heterocycles. The lowest BCUT2D eigenvalue weighted by atomic mass is 10.2. The highest BCUT2D eigenvalue weighted by Crippen LogP contribution is 2.24. The Hall–Kier alpha value is -0.970. The quantitative estimate of drug-likeness (QED) is 0.746. The predicted octanol–water partition coefficient (Wildman–Crippen LogP) is 4.00. The third kappa shape index (κ3) is 5.77. The lowest BCUT2D eigenvalue weighted by Crippen LogP contribution is -2.11. The van der Waals surface area contributed by atoms with E-state index in [1.807, 2.05) is 31.2 Å². The fourth-order valence-corrected chi connectivity index (χ4v) is 2.16. The van der Waals surface area contributed by atoms with Crippen molar-refractivity contribution >= 4 is 17.5 Å². The number of thioether (sulfide) groups is 1. The number of carbonyl (C=O) groups is 1. The van der Waals surface area contributed by atoms with E-state index < -0.39 is 19.0 Å². The molecule has 17 heavy (non-hydrogen) atoms. The lowest BCUT2D eigenvalue weighted by Gasteiger charge is -2.06. The molecule has 0 heterocycles. The van der Waals surface area contributed by atoms with Gasteiger partial charge in [-0.3, -0.25) is 4.79 Å². The van der Waals surface area contributed by atoms with Crippen molar-refractivity contribution in [3.05, 3.63) is 29.8 Å². The number of carbonyl (C=O) groups excluding carboxylic acids is 1. The van der Waals surface area contributed by atoms with Crippen molar-refractivity contribution in [1.82, 2.24) is 0 Å². The summed E-state index contributed by atoms with van der Waals surface area (Å²) in [4.78, 5) is 12.2. The molecule has 0 aromatic heterocycles. The molecule has 0 aliphatic carbocycles. The number of benzene rings is 1. The number of hydrogen-bond donors (Lipinski definition) is 0. The zero-order valence-electron chi connectivity index (χ0n) is 9.38. The maximum Gasteiger partial charge on any atom is 0.389 e. The second-order valence-electron chi connectivity index (χ2n) is 3.71. The van der Waals surface area contributed by atoms with Crippen molar-refractivity contribution in [3.8, 4) is 0 Å². The maximum absolute atomic E-state index is 11.9. The van der Waals surface area contributed by atoms with Crippen LogP contribution in [0, 0.1) is 6.92 Å². The van der Waals surface area contributed by atoms with E-state index in [2.05, 4.69) is 0 Å². The first-order valence-corrected chi connectivity index (χ1v) is 6.14. The van der Waals surface area contributed by atoms with Crippen LogP contribution in [0.3, 0.4) is 0 Å². The van der Waals surface area contributed by atoms with Crippen LogP contribution in [0.4, 0.5) is 13.2 Å². The molecule has 0 saturated carbocycles. The summed E-state index contributed by atoms with van der Waals surface area (Å²) in [6, 6.07) is 7.49. The molecule has 0 unspecified atom stereocenters. The Labute approximate surface area is 102 Å². The van der Waals surface area contributed by atoms with Crippen molar-refractivity contribution in [3.63, 3.8) is 0 Å². The summed E-state index contributed by atoms with van der Waals surface area (Å²) in [5.41, 5.74) is 1.03. The van der Waals surface area contributed by atoms with Gasteiger partial charge in [-0.25, -0.2) is 0 Å². The average molecular weight is 262 g/mol. The summed E-state index contributed by atoms with van der Waals surface area (Å²) in [5.74, 6) is -0.267. The predicted molar refractivity (Wildman–Crippen MR) is 62.2 cm³/mol. The van der Waals surface area contributed by atoms with Crippen LogP contribution in [-0.4, -0.2) is 17.7 Å². The summed E-state index contributed by atoms with van der Waals surface area (Å²) in [7, 11) is 0. The van der Waals surface area contributed by atoms with Crippen LogP contribution in [0.5, 0.6) is 0 Å². The molecule has 1 nitrogen and oxygen atoms in total. The molecule has 0 spiro atoms. The molecule has 0 aliphatic rings. The Bertz CT molecular complexity index is 388.